The van der Waals surface area contributed by atoms with Crippen molar-refractivity contribution in [2.24, 2.45) is 0 Å². The number of nitrogens with one attached hydrogen (secondary N) is 2. The number of nitrogens with zero attached hydrogens (tertiary/aromatic N) is 1. The number of hydrogen-bond acceptors (Lipinski definition) is 4. The van der Waals surface area contributed by atoms with Gasteiger partial charge in [-0.1, -0.05) is 12.5 Å². The summed E-state index contributed by atoms with van der Waals surface area (Å²) < 4.78 is 64.7. The fourth-order valence-corrected chi connectivity index (χ4v) is 4.72. The SMILES string of the molecule is O=C(CNc1ccc(C(F)(F)F)cc1)Nc1cccc(S(=O)(=O)N2CCCCC2)c1. The van der Waals surface area contributed by atoms with Crippen LogP contribution < -0.4 is 10.6 Å². The van der Waals surface area contributed by atoms with Crippen LogP contribution in [-0.2, 0) is 21.0 Å². The van der Waals surface area contributed by atoms with Gasteiger partial charge >= 0.3 is 6.18 Å². The van der Waals surface area contributed by atoms with Crippen molar-refractivity contribution in [2.45, 2.75) is 30.3 Å². The van der Waals surface area contributed by atoms with Crippen LogP contribution in [0.25, 0.3) is 0 Å². The summed E-state index contributed by atoms with van der Waals surface area (Å²) in [7, 11) is -3.62. The van der Waals surface area contributed by atoms with Gasteiger partial charge < -0.3 is 10.6 Å². The van der Waals surface area contributed by atoms with Gasteiger partial charge in [-0.2, -0.15) is 17.5 Å². The second kappa shape index (κ2) is 9.05. The molecule has 0 unspecified atom stereocenters. The van der Waals surface area contributed by atoms with Crippen molar-refractivity contribution >= 4 is 27.3 Å². The highest BCUT2D eigenvalue weighted by Crippen LogP contribution is 2.29. The minimum absolute atomic E-state index is 0.109. The van der Waals surface area contributed by atoms with Crippen LogP contribution in [0.4, 0.5) is 24.5 Å². The molecule has 0 atom stereocenters. The van der Waals surface area contributed by atoms with Gasteiger partial charge in [0.25, 0.3) is 0 Å². The largest absolute Gasteiger partial charge is 0.416 e. The topological polar surface area (TPSA) is 78.5 Å². The molecule has 0 aromatic heterocycles. The third-order valence-electron chi connectivity index (χ3n) is 4.74. The number of alkyl halides is 3. The molecule has 0 spiro atoms. The fraction of sp³-hybridized carbons (Fsp3) is 0.350. The van der Waals surface area contributed by atoms with E-state index < -0.39 is 27.7 Å². The lowest BCUT2D eigenvalue weighted by Gasteiger charge is -2.26. The molecular weight excluding hydrogens is 419 g/mol. The number of halogens is 3. The summed E-state index contributed by atoms with van der Waals surface area (Å²) in [5.74, 6) is -0.456. The molecule has 0 radical (unpaired) electrons. The molecule has 1 saturated heterocycles. The standard InChI is InChI=1S/C20H22F3N3O3S/c21-20(22,23)15-7-9-16(10-8-15)24-14-19(27)25-17-5-4-6-18(13-17)30(28,29)26-11-2-1-3-12-26/h4-10,13,24H,1-3,11-12,14H2,(H,25,27). The molecule has 1 aliphatic heterocycles. The minimum Gasteiger partial charge on any atom is -0.376 e. The van der Waals surface area contributed by atoms with Gasteiger partial charge in [0.05, 0.1) is 17.0 Å². The number of hydrogen-bond donors (Lipinski definition) is 2. The summed E-state index contributed by atoms with van der Waals surface area (Å²) in [6.45, 7) is 0.778. The van der Waals surface area contributed by atoms with Gasteiger partial charge in [-0.3, -0.25) is 4.79 Å². The molecule has 162 valence electrons. The van der Waals surface area contributed by atoms with E-state index in [-0.39, 0.29) is 11.4 Å². The third kappa shape index (κ3) is 5.51. The first-order valence-corrected chi connectivity index (χ1v) is 10.9. The summed E-state index contributed by atoms with van der Waals surface area (Å²) in [4.78, 5) is 12.3. The Morgan fingerprint density at radius 3 is 2.27 bits per heavy atom. The summed E-state index contributed by atoms with van der Waals surface area (Å²) in [5, 5.41) is 5.33. The number of carbonyl (C=O) groups excluding carboxylic acids is 1. The van der Waals surface area contributed by atoms with E-state index in [2.05, 4.69) is 10.6 Å². The first-order valence-electron chi connectivity index (χ1n) is 9.47. The molecule has 0 saturated carbocycles. The molecule has 3 rings (SSSR count). The number of sulfonamides is 1. The summed E-state index contributed by atoms with van der Waals surface area (Å²) in [5.41, 5.74) is -0.0869. The van der Waals surface area contributed by atoms with Crippen molar-refractivity contribution in [1.29, 1.82) is 0 Å². The molecule has 6 nitrogen and oxygen atoms in total. The quantitative estimate of drug-likeness (QED) is 0.712. The first kappa shape index (κ1) is 22.1. The number of piperidine rings is 1. The predicted octanol–water partition coefficient (Wildman–Crippen LogP) is 3.93. The second-order valence-corrected chi connectivity index (χ2v) is 8.91. The first-order chi connectivity index (χ1) is 14.2. The van der Waals surface area contributed by atoms with E-state index in [9.17, 15) is 26.4 Å². The van der Waals surface area contributed by atoms with Gasteiger partial charge in [0, 0.05) is 24.5 Å². The van der Waals surface area contributed by atoms with E-state index in [0.29, 0.717) is 24.5 Å². The maximum atomic E-state index is 12.8. The van der Waals surface area contributed by atoms with E-state index in [1.54, 1.807) is 12.1 Å². The van der Waals surface area contributed by atoms with E-state index in [0.717, 1.165) is 31.4 Å². The molecule has 2 aromatic carbocycles. The summed E-state index contributed by atoms with van der Waals surface area (Å²) in [6.07, 6.45) is -1.76. The van der Waals surface area contributed by atoms with Crippen LogP contribution in [0.2, 0.25) is 0 Å². The van der Waals surface area contributed by atoms with E-state index >= 15 is 0 Å². The normalized spacial score (nSPS) is 15.6. The highest BCUT2D eigenvalue weighted by atomic mass is 32.2. The predicted molar refractivity (Wildman–Crippen MR) is 108 cm³/mol. The molecule has 1 heterocycles. The molecule has 30 heavy (non-hydrogen) atoms. The molecular formula is C20H22F3N3O3S. The van der Waals surface area contributed by atoms with Crippen LogP contribution in [0.15, 0.2) is 53.4 Å². The van der Waals surface area contributed by atoms with Crippen molar-refractivity contribution in [3.05, 3.63) is 54.1 Å². The Kier molecular flexibility index (Phi) is 6.67. The van der Waals surface area contributed by atoms with Crippen LogP contribution in [0.3, 0.4) is 0 Å². The van der Waals surface area contributed by atoms with Gasteiger partial charge in [-0.15, -0.1) is 0 Å². The molecule has 1 amide bonds. The number of benzene rings is 2. The van der Waals surface area contributed by atoms with Crippen molar-refractivity contribution < 1.29 is 26.4 Å². The molecule has 2 aromatic rings. The maximum Gasteiger partial charge on any atom is 0.416 e. The fourth-order valence-electron chi connectivity index (χ4n) is 3.15. The Labute approximate surface area is 173 Å². The van der Waals surface area contributed by atoms with Crippen LogP contribution >= 0.6 is 0 Å². The van der Waals surface area contributed by atoms with Crippen molar-refractivity contribution in [3.63, 3.8) is 0 Å². The lowest BCUT2D eigenvalue weighted by Crippen LogP contribution is -2.35. The molecule has 1 aliphatic rings. The Morgan fingerprint density at radius 2 is 1.63 bits per heavy atom. The third-order valence-corrected chi connectivity index (χ3v) is 6.63. The number of amides is 1. The van der Waals surface area contributed by atoms with Gasteiger partial charge in [-0.25, -0.2) is 8.42 Å². The van der Waals surface area contributed by atoms with Crippen LogP contribution in [0, 0.1) is 0 Å². The Hall–Kier alpha value is -2.59. The van der Waals surface area contributed by atoms with E-state index in [1.807, 2.05) is 0 Å². The summed E-state index contributed by atoms with van der Waals surface area (Å²) in [6, 6.07) is 10.3. The number of rotatable bonds is 6. The highest BCUT2D eigenvalue weighted by molar-refractivity contribution is 7.89. The average molecular weight is 441 g/mol. The second-order valence-electron chi connectivity index (χ2n) is 6.97. The highest BCUT2D eigenvalue weighted by Gasteiger charge is 2.30. The zero-order valence-electron chi connectivity index (χ0n) is 16.1. The van der Waals surface area contributed by atoms with Crippen LogP contribution in [0.5, 0.6) is 0 Å². The maximum absolute atomic E-state index is 12.8. The minimum atomic E-state index is -4.42. The number of carbonyl (C=O) groups is 1. The Balaban J connectivity index is 1.60. The van der Waals surface area contributed by atoms with E-state index in [4.69, 9.17) is 0 Å². The van der Waals surface area contributed by atoms with Gasteiger partial charge in [0.1, 0.15) is 0 Å². The van der Waals surface area contributed by atoms with Crippen LogP contribution in [0.1, 0.15) is 24.8 Å². The monoisotopic (exact) mass is 441 g/mol. The molecule has 10 heteroatoms. The molecule has 1 fully saturated rings. The Morgan fingerprint density at radius 1 is 0.967 bits per heavy atom. The van der Waals surface area contributed by atoms with E-state index in [1.165, 1.54) is 28.6 Å². The zero-order chi connectivity index (χ0) is 21.8. The average Bonchev–Trinajstić information content (AvgIpc) is 2.73. The van der Waals surface area contributed by atoms with Crippen molar-refractivity contribution in [1.82, 2.24) is 4.31 Å². The molecule has 0 bridgehead atoms. The summed E-state index contributed by atoms with van der Waals surface area (Å²) >= 11 is 0. The zero-order valence-corrected chi connectivity index (χ0v) is 16.9. The molecule has 0 aliphatic carbocycles. The van der Waals surface area contributed by atoms with Crippen molar-refractivity contribution in [3.8, 4) is 0 Å². The molecule has 2 N–H and O–H groups in total. The smallest absolute Gasteiger partial charge is 0.376 e. The van der Waals surface area contributed by atoms with Gasteiger partial charge in [0.2, 0.25) is 15.9 Å². The Bertz CT molecular complexity index is 986. The lowest BCUT2D eigenvalue weighted by atomic mass is 10.2. The lowest BCUT2D eigenvalue weighted by molar-refractivity contribution is -0.137. The van der Waals surface area contributed by atoms with Crippen molar-refractivity contribution in [2.75, 3.05) is 30.3 Å². The number of anilines is 2. The van der Waals surface area contributed by atoms with Gasteiger partial charge in [0.15, 0.2) is 0 Å². The van der Waals surface area contributed by atoms with Gasteiger partial charge in [-0.05, 0) is 55.3 Å². The van der Waals surface area contributed by atoms with Crippen LogP contribution in [-0.4, -0.2) is 38.3 Å².